The van der Waals surface area contributed by atoms with E-state index >= 15 is 0 Å². The maximum absolute atomic E-state index is 13.3. The molecule has 0 saturated heterocycles. The van der Waals surface area contributed by atoms with E-state index in [1.807, 2.05) is 37.2 Å². The van der Waals surface area contributed by atoms with Crippen LogP contribution in [0.5, 0.6) is 5.75 Å². The van der Waals surface area contributed by atoms with Crippen molar-refractivity contribution < 1.29 is 13.9 Å². The maximum atomic E-state index is 13.3. The lowest BCUT2D eigenvalue weighted by Crippen LogP contribution is -2.28. The molecule has 0 bridgehead atoms. The number of hydrogen-bond acceptors (Lipinski definition) is 3. The minimum Gasteiger partial charge on any atom is -0.491 e. The Morgan fingerprint density at radius 1 is 1.28 bits per heavy atom. The molecule has 0 heterocycles. The Hall–Kier alpha value is -2.40. The van der Waals surface area contributed by atoms with Gasteiger partial charge in [-0.1, -0.05) is 18.2 Å². The number of halogens is 1. The number of para-hydroxylation sites is 1. The van der Waals surface area contributed by atoms with Gasteiger partial charge in [0.25, 0.3) is 5.91 Å². The molecule has 1 N–H and O–H groups in total. The maximum Gasteiger partial charge on any atom is 0.255 e. The Labute approximate surface area is 147 Å². The summed E-state index contributed by atoms with van der Waals surface area (Å²) in [5, 5.41) is 3.06. The molecule has 0 saturated carbocycles. The first-order valence-electron chi connectivity index (χ1n) is 8.50. The first-order valence-corrected chi connectivity index (χ1v) is 8.50. The second-order valence-corrected chi connectivity index (χ2v) is 6.56. The van der Waals surface area contributed by atoms with E-state index in [1.165, 1.54) is 6.07 Å². The second-order valence-electron chi connectivity index (χ2n) is 6.56. The number of amides is 1. The van der Waals surface area contributed by atoms with Gasteiger partial charge in [0.1, 0.15) is 18.2 Å². The zero-order valence-corrected chi connectivity index (χ0v) is 14.6. The summed E-state index contributed by atoms with van der Waals surface area (Å²) >= 11 is 0. The summed E-state index contributed by atoms with van der Waals surface area (Å²) in [6, 6.07) is 11.9. The van der Waals surface area contributed by atoms with Gasteiger partial charge in [0.05, 0.1) is 11.6 Å². The molecule has 0 fully saturated rings. The van der Waals surface area contributed by atoms with E-state index < -0.39 is 0 Å². The van der Waals surface area contributed by atoms with Gasteiger partial charge in [0, 0.05) is 6.54 Å². The molecular weight excluding hydrogens is 319 g/mol. The predicted octanol–water partition coefficient (Wildman–Crippen LogP) is 3.18. The SMILES string of the molecule is CN(C)CCOc1ccccc1C(=O)N[C@H]1CCc2cc(F)ccc21. The fourth-order valence-electron chi connectivity index (χ4n) is 3.09. The van der Waals surface area contributed by atoms with Gasteiger partial charge in [0.15, 0.2) is 0 Å². The number of nitrogens with one attached hydrogen (secondary N) is 1. The quantitative estimate of drug-likeness (QED) is 0.877. The summed E-state index contributed by atoms with van der Waals surface area (Å²) in [5.41, 5.74) is 2.50. The summed E-state index contributed by atoms with van der Waals surface area (Å²) in [6.45, 7) is 1.29. The van der Waals surface area contributed by atoms with Crippen LogP contribution in [0.4, 0.5) is 4.39 Å². The van der Waals surface area contributed by atoms with Crippen molar-refractivity contribution in [1.29, 1.82) is 0 Å². The van der Waals surface area contributed by atoms with Gasteiger partial charge in [-0.25, -0.2) is 4.39 Å². The number of nitrogens with zero attached hydrogens (tertiary/aromatic N) is 1. The second kappa shape index (κ2) is 7.66. The van der Waals surface area contributed by atoms with Crippen LogP contribution in [0.2, 0.25) is 0 Å². The molecule has 1 amide bonds. The van der Waals surface area contributed by atoms with E-state index in [0.717, 1.165) is 30.5 Å². The highest BCUT2D eigenvalue weighted by Crippen LogP contribution is 2.32. The number of fused-ring (bicyclic) bond motifs is 1. The van der Waals surface area contributed by atoms with Crippen LogP contribution in [0.25, 0.3) is 0 Å². The van der Waals surface area contributed by atoms with Crippen LogP contribution in [-0.2, 0) is 6.42 Å². The molecule has 0 unspecified atom stereocenters. The van der Waals surface area contributed by atoms with Crippen LogP contribution < -0.4 is 10.1 Å². The fourth-order valence-corrected chi connectivity index (χ4v) is 3.09. The third-order valence-corrected chi connectivity index (χ3v) is 4.42. The number of hydrogen-bond donors (Lipinski definition) is 1. The number of carbonyl (C=O) groups excluding carboxylic acids is 1. The van der Waals surface area contributed by atoms with E-state index in [-0.39, 0.29) is 17.8 Å². The highest BCUT2D eigenvalue weighted by Gasteiger charge is 2.25. The average Bonchev–Trinajstić information content (AvgIpc) is 2.97. The normalized spacial score (nSPS) is 15.9. The first-order chi connectivity index (χ1) is 12.0. The molecule has 2 aromatic rings. The van der Waals surface area contributed by atoms with E-state index in [9.17, 15) is 9.18 Å². The van der Waals surface area contributed by atoms with Crippen LogP contribution in [0, 0.1) is 5.82 Å². The Morgan fingerprint density at radius 2 is 2.08 bits per heavy atom. The molecule has 1 aliphatic rings. The lowest BCUT2D eigenvalue weighted by molar-refractivity contribution is 0.0932. The summed E-state index contributed by atoms with van der Waals surface area (Å²) < 4.78 is 19.1. The third-order valence-electron chi connectivity index (χ3n) is 4.42. The summed E-state index contributed by atoms with van der Waals surface area (Å²) in [7, 11) is 3.95. The molecule has 4 nitrogen and oxygen atoms in total. The molecule has 0 radical (unpaired) electrons. The molecule has 0 aliphatic heterocycles. The van der Waals surface area contributed by atoms with Crippen LogP contribution in [0.1, 0.15) is 33.9 Å². The van der Waals surface area contributed by atoms with Crippen molar-refractivity contribution in [3.63, 3.8) is 0 Å². The lowest BCUT2D eigenvalue weighted by Gasteiger charge is -2.17. The third kappa shape index (κ3) is 4.17. The van der Waals surface area contributed by atoms with Crippen molar-refractivity contribution in [3.05, 3.63) is 65.0 Å². The van der Waals surface area contributed by atoms with Gasteiger partial charge in [-0.05, 0) is 62.3 Å². The van der Waals surface area contributed by atoms with E-state index in [0.29, 0.717) is 17.9 Å². The minimum atomic E-state index is -0.231. The van der Waals surface area contributed by atoms with Gasteiger partial charge in [-0.3, -0.25) is 4.79 Å². The standard InChI is InChI=1S/C20H23FN2O2/c1-23(2)11-12-25-19-6-4-3-5-17(19)20(24)22-18-10-7-14-13-15(21)8-9-16(14)18/h3-6,8-9,13,18H,7,10-12H2,1-2H3,(H,22,24)/t18-/m0/s1. The number of rotatable bonds is 6. The number of likely N-dealkylation sites (N-methyl/N-ethyl adjacent to an activating group) is 1. The number of carbonyl (C=O) groups is 1. The van der Waals surface area contributed by atoms with E-state index in [1.54, 1.807) is 18.2 Å². The van der Waals surface area contributed by atoms with Crippen LogP contribution >= 0.6 is 0 Å². The highest BCUT2D eigenvalue weighted by atomic mass is 19.1. The molecule has 25 heavy (non-hydrogen) atoms. The van der Waals surface area contributed by atoms with Gasteiger partial charge >= 0.3 is 0 Å². The highest BCUT2D eigenvalue weighted by molar-refractivity contribution is 5.97. The van der Waals surface area contributed by atoms with Crippen LogP contribution in [0.3, 0.4) is 0 Å². The van der Waals surface area contributed by atoms with Crippen molar-refractivity contribution in [1.82, 2.24) is 10.2 Å². The predicted molar refractivity (Wildman–Crippen MR) is 95.4 cm³/mol. The number of ether oxygens (including phenoxy) is 1. The van der Waals surface area contributed by atoms with Gasteiger partial charge in [-0.15, -0.1) is 0 Å². The van der Waals surface area contributed by atoms with E-state index in [4.69, 9.17) is 4.74 Å². The minimum absolute atomic E-state index is 0.0852. The molecule has 1 atom stereocenters. The lowest BCUT2D eigenvalue weighted by atomic mass is 10.1. The van der Waals surface area contributed by atoms with Crippen LogP contribution in [-0.4, -0.2) is 38.1 Å². The summed E-state index contributed by atoms with van der Waals surface area (Å²) in [5.74, 6) is 0.187. The van der Waals surface area contributed by atoms with Gasteiger partial charge in [0.2, 0.25) is 0 Å². The Balaban J connectivity index is 1.70. The van der Waals surface area contributed by atoms with Crippen molar-refractivity contribution in [2.24, 2.45) is 0 Å². The molecule has 0 aromatic heterocycles. The largest absolute Gasteiger partial charge is 0.491 e. The smallest absolute Gasteiger partial charge is 0.255 e. The van der Waals surface area contributed by atoms with Crippen molar-refractivity contribution in [2.75, 3.05) is 27.2 Å². The zero-order chi connectivity index (χ0) is 17.8. The van der Waals surface area contributed by atoms with Crippen molar-refractivity contribution >= 4 is 5.91 Å². The molecule has 132 valence electrons. The molecule has 5 heteroatoms. The summed E-state index contributed by atoms with van der Waals surface area (Å²) in [4.78, 5) is 14.7. The molecular formula is C20H23FN2O2. The molecule has 3 rings (SSSR count). The van der Waals surface area contributed by atoms with Crippen molar-refractivity contribution in [2.45, 2.75) is 18.9 Å². The fraction of sp³-hybridized carbons (Fsp3) is 0.350. The molecule has 2 aromatic carbocycles. The van der Waals surface area contributed by atoms with Crippen molar-refractivity contribution in [3.8, 4) is 5.75 Å². The van der Waals surface area contributed by atoms with Crippen LogP contribution in [0.15, 0.2) is 42.5 Å². The molecule has 1 aliphatic carbocycles. The monoisotopic (exact) mass is 342 g/mol. The Bertz CT molecular complexity index is 761. The topological polar surface area (TPSA) is 41.6 Å². The molecule has 0 spiro atoms. The first kappa shape index (κ1) is 17.4. The van der Waals surface area contributed by atoms with Gasteiger partial charge < -0.3 is 15.0 Å². The summed E-state index contributed by atoms with van der Waals surface area (Å²) in [6.07, 6.45) is 1.56. The van der Waals surface area contributed by atoms with Gasteiger partial charge in [-0.2, -0.15) is 0 Å². The van der Waals surface area contributed by atoms with E-state index in [2.05, 4.69) is 5.32 Å². The average molecular weight is 342 g/mol. The zero-order valence-electron chi connectivity index (χ0n) is 14.6. The Morgan fingerprint density at radius 3 is 2.88 bits per heavy atom. The Kier molecular flexibility index (Phi) is 5.34. The number of benzene rings is 2. The number of aryl methyl sites for hydroxylation is 1.